The summed E-state index contributed by atoms with van der Waals surface area (Å²) in [5.41, 5.74) is 0.523. The largest absolute Gasteiger partial charge is 0.478 e. The third-order valence-corrected chi connectivity index (χ3v) is 4.29. The van der Waals surface area contributed by atoms with Crippen LogP contribution >= 0.6 is 0 Å². The molecule has 0 bridgehead atoms. The summed E-state index contributed by atoms with van der Waals surface area (Å²) in [5.74, 6) is -1.31. The number of hydrogen-bond acceptors (Lipinski definition) is 4. The van der Waals surface area contributed by atoms with E-state index in [0.29, 0.717) is 18.5 Å². The van der Waals surface area contributed by atoms with Crippen LogP contribution in [0, 0.1) is 0 Å². The number of hydrogen-bond donors (Lipinski definition) is 3. The number of rotatable bonds is 10. The van der Waals surface area contributed by atoms with E-state index in [1.54, 1.807) is 6.07 Å². The Labute approximate surface area is 124 Å². The number of aliphatic hydroxyl groups excluding tert-OH is 1. The zero-order valence-electron chi connectivity index (χ0n) is 11.8. The molecule has 0 radical (unpaired) electrons. The molecule has 0 unspecified atom stereocenters. The number of carboxylic acid groups (broad SMARTS) is 1. The first-order valence-electron chi connectivity index (χ1n) is 6.85. The Kier molecular flexibility index (Phi) is 7.35. The molecular weight excluding hydrogens is 294 g/mol. The SMILES string of the molecule is O=C(O)c1cccc(CS(=O)(=O)NCCCCCCO)c1. The molecule has 0 fully saturated rings. The van der Waals surface area contributed by atoms with Gasteiger partial charge in [0.2, 0.25) is 10.0 Å². The van der Waals surface area contributed by atoms with Crippen LogP contribution in [0.3, 0.4) is 0 Å². The number of nitrogens with one attached hydrogen (secondary N) is 1. The quantitative estimate of drug-likeness (QED) is 0.566. The molecule has 3 N–H and O–H groups in total. The molecule has 7 heteroatoms. The molecule has 0 aliphatic rings. The molecule has 0 aliphatic heterocycles. The van der Waals surface area contributed by atoms with Crippen LogP contribution in [-0.4, -0.2) is 37.8 Å². The molecule has 0 saturated carbocycles. The highest BCUT2D eigenvalue weighted by Gasteiger charge is 2.12. The number of benzene rings is 1. The highest BCUT2D eigenvalue weighted by molar-refractivity contribution is 7.88. The van der Waals surface area contributed by atoms with Gasteiger partial charge in [0.1, 0.15) is 0 Å². The van der Waals surface area contributed by atoms with E-state index in [2.05, 4.69) is 4.72 Å². The summed E-state index contributed by atoms with van der Waals surface area (Å²) in [6.45, 7) is 0.512. The topological polar surface area (TPSA) is 104 Å². The maximum atomic E-state index is 11.9. The number of aliphatic hydroxyl groups is 1. The van der Waals surface area contributed by atoms with Gasteiger partial charge in [-0.15, -0.1) is 0 Å². The van der Waals surface area contributed by atoms with Crippen LogP contribution in [0.5, 0.6) is 0 Å². The van der Waals surface area contributed by atoms with Gasteiger partial charge in [0.25, 0.3) is 0 Å². The summed E-state index contributed by atoms with van der Waals surface area (Å²) in [4.78, 5) is 10.8. The summed E-state index contributed by atoms with van der Waals surface area (Å²) < 4.78 is 26.2. The predicted octanol–water partition coefficient (Wildman–Crippen LogP) is 1.36. The van der Waals surface area contributed by atoms with Crippen LogP contribution in [0.25, 0.3) is 0 Å². The second kappa shape index (κ2) is 8.76. The number of carbonyl (C=O) groups is 1. The number of aromatic carboxylic acids is 1. The van der Waals surface area contributed by atoms with E-state index in [4.69, 9.17) is 10.2 Å². The van der Waals surface area contributed by atoms with Crippen molar-refractivity contribution in [2.75, 3.05) is 13.2 Å². The fraction of sp³-hybridized carbons (Fsp3) is 0.500. The number of carboxylic acids is 1. The van der Waals surface area contributed by atoms with Gasteiger partial charge < -0.3 is 10.2 Å². The van der Waals surface area contributed by atoms with Crippen molar-refractivity contribution in [1.82, 2.24) is 4.72 Å². The van der Waals surface area contributed by atoms with Crippen molar-refractivity contribution in [1.29, 1.82) is 0 Å². The molecule has 0 saturated heterocycles. The molecule has 0 amide bonds. The molecule has 0 aromatic heterocycles. The molecule has 0 atom stereocenters. The summed E-state index contributed by atoms with van der Waals surface area (Å²) in [7, 11) is -3.46. The van der Waals surface area contributed by atoms with Crippen molar-refractivity contribution < 1.29 is 23.4 Å². The summed E-state index contributed by atoms with van der Waals surface area (Å²) >= 11 is 0. The molecule has 0 heterocycles. The van der Waals surface area contributed by atoms with E-state index in [0.717, 1.165) is 19.3 Å². The minimum absolute atomic E-state index is 0.0757. The maximum Gasteiger partial charge on any atom is 0.335 e. The van der Waals surface area contributed by atoms with Gasteiger partial charge in [-0.05, 0) is 30.5 Å². The normalized spacial score (nSPS) is 11.5. The van der Waals surface area contributed by atoms with Crippen molar-refractivity contribution in [2.24, 2.45) is 0 Å². The van der Waals surface area contributed by atoms with E-state index in [1.807, 2.05) is 0 Å². The second-order valence-corrected chi connectivity index (χ2v) is 6.60. The lowest BCUT2D eigenvalue weighted by atomic mass is 10.1. The van der Waals surface area contributed by atoms with E-state index < -0.39 is 16.0 Å². The third kappa shape index (κ3) is 7.22. The van der Waals surface area contributed by atoms with Crippen LogP contribution in [0.15, 0.2) is 24.3 Å². The van der Waals surface area contributed by atoms with Crippen LogP contribution < -0.4 is 4.72 Å². The number of unbranched alkanes of at least 4 members (excludes halogenated alkanes) is 3. The van der Waals surface area contributed by atoms with Gasteiger partial charge in [-0.25, -0.2) is 17.9 Å². The van der Waals surface area contributed by atoms with E-state index in [1.165, 1.54) is 18.2 Å². The molecular formula is C14H21NO5S. The highest BCUT2D eigenvalue weighted by Crippen LogP contribution is 2.09. The zero-order valence-corrected chi connectivity index (χ0v) is 12.6. The van der Waals surface area contributed by atoms with Gasteiger partial charge >= 0.3 is 5.97 Å². The van der Waals surface area contributed by atoms with Gasteiger partial charge in [-0.3, -0.25) is 0 Å². The van der Waals surface area contributed by atoms with E-state index in [9.17, 15) is 13.2 Å². The molecule has 0 aliphatic carbocycles. The maximum absolute atomic E-state index is 11.9. The lowest BCUT2D eigenvalue weighted by Crippen LogP contribution is -2.26. The fourth-order valence-corrected chi connectivity index (χ4v) is 3.06. The average Bonchev–Trinajstić information content (AvgIpc) is 2.42. The molecule has 1 rings (SSSR count). The molecule has 1 aromatic carbocycles. The van der Waals surface area contributed by atoms with Crippen LogP contribution in [0.2, 0.25) is 0 Å². The highest BCUT2D eigenvalue weighted by atomic mass is 32.2. The van der Waals surface area contributed by atoms with Crippen molar-refractivity contribution in [3.63, 3.8) is 0 Å². The Morgan fingerprint density at radius 3 is 2.52 bits per heavy atom. The first-order chi connectivity index (χ1) is 9.94. The van der Waals surface area contributed by atoms with Gasteiger partial charge in [0.15, 0.2) is 0 Å². The van der Waals surface area contributed by atoms with Gasteiger partial charge in [-0.2, -0.15) is 0 Å². The zero-order chi connectivity index (χ0) is 15.7. The second-order valence-electron chi connectivity index (χ2n) is 4.80. The lowest BCUT2D eigenvalue weighted by molar-refractivity contribution is 0.0696. The van der Waals surface area contributed by atoms with Gasteiger partial charge in [0, 0.05) is 13.2 Å². The van der Waals surface area contributed by atoms with Crippen molar-refractivity contribution in [3.8, 4) is 0 Å². The Morgan fingerprint density at radius 2 is 1.86 bits per heavy atom. The Hall–Kier alpha value is -1.44. The van der Waals surface area contributed by atoms with Crippen molar-refractivity contribution in [2.45, 2.75) is 31.4 Å². The lowest BCUT2D eigenvalue weighted by Gasteiger charge is -2.07. The molecule has 118 valence electrons. The number of sulfonamides is 1. The van der Waals surface area contributed by atoms with Crippen molar-refractivity contribution >= 4 is 16.0 Å². The minimum atomic E-state index is -3.46. The van der Waals surface area contributed by atoms with Crippen LogP contribution in [0.4, 0.5) is 0 Å². The summed E-state index contributed by atoms with van der Waals surface area (Å²) in [5, 5.41) is 17.5. The fourth-order valence-electron chi connectivity index (χ4n) is 1.88. The third-order valence-electron chi connectivity index (χ3n) is 2.94. The smallest absolute Gasteiger partial charge is 0.335 e. The van der Waals surface area contributed by atoms with Gasteiger partial charge in [0.05, 0.1) is 11.3 Å². The molecule has 6 nitrogen and oxygen atoms in total. The predicted molar refractivity (Wildman–Crippen MR) is 79.6 cm³/mol. The van der Waals surface area contributed by atoms with Crippen LogP contribution in [-0.2, 0) is 15.8 Å². The first-order valence-corrected chi connectivity index (χ1v) is 8.50. The Bertz CT molecular complexity index is 556. The summed E-state index contributed by atoms with van der Waals surface area (Å²) in [6, 6.07) is 5.91. The van der Waals surface area contributed by atoms with E-state index in [-0.39, 0.29) is 17.9 Å². The average molecular weight is 315 g/mol. The summed E-state index contributed by atoms with van der Waals surface area (Å²) in [6.07, 6.45) is 3.18. The standard InChI is InChI=1S/C14H21NO5S/c16-9-4-2-1-3-8-15-21(19,20)11-12-6-5-7-13(10-12)14(17)18/h5-7,10,15-16H,1-4,8-9,11H2,(H,17,18). The monoisotopic (exact) mass is 315 g/mol. The first kappa shape index (κ1) is 17.6. The van der Waals surface area contributed by atoms with Crippen LogP contribution in [0.1, 0.15) is 41.6 Å². The molecule has 1 aromatic rings. The molecule has 0 spiro atoms. The molecule has 21 heavy (non-hydrogen) atoms. The Balaban J connectivity index is 2.45. The van der Waals surface area contributed by atoms with Gasteiger partial charge in [-0.1, -0.05) is 25.0 Å². The minimum Gasteiger partial charge on any atom is -0.478 e. The Morgan fingerprint density at radius 1 is 1.14 bits per heavy atom. The van der Waals surface area contributed by atoms with E-state index >= 15 is 0 Å². The van der Waals surface area contributed by atoms with Crippen molar-refractivity contribution in [3.05, 3.63) is 35.4 Å².